The highest BCUT2D eigenvalue weighted by Gasteiger charge is 2.22. The topological polar surface area (TPSA) is 84.7 Å². The van der Waals surface area contributed by atoms with Gasteiger partial charge in [-0.3, -0.25) is 9.59 Å². The third-order valence-electron chi connectivity index (χ3n) is 2.73. The van der Waals surface area contributed by atoms with Gasteiger partial charge in [0.1, 0.15) is 5.75 Å². The maximum absolute atomic E-state index is 11.5. The Morgan fingerprint density at radius 2 is 2.21 bits per heavy atom. The summed E-state index contributed by atoms with van der Waals surface area (Å²) in [7, 11) is 1.67. The normalized spacial score (nSPS) is 14.9. The number of halogens is 1. The molecule has 1 heterocycles. The monoisotopic (exact) mass is 285 g/mol. The number of nitrogens with one attached hydrogen (secondary N) is 1. The van der Waals surface area contributed by atoms with Crippen LogP contribution in [0.3, 0.4) is 0 Å². The number of ether oxygens (including phenoxy) is 1. The van der Waals surface area contributed by atoms with Gasteiger partial charge in [0.05, 0.1) is 11.7 Å². The molecule has 0 aromatic heterocycles. The zero-order valence-electron chi connectivity index (χ0n) is 10.7. The Morgan fingerprint density at radius 1 is 1.53 bits per heavy atom. The minimum Gasteiger partial charge on any atom is -0.482 e. The van der Waals surface area contributed by atoms with E-state index in [1.807, 2.05) is 0 Å². The molecule has 6 nitrogen and oxygen atoms in total. The van der Waals surface area contributed by atoms with Crippen LogP contribution in [0.5, 0.6) is 5.75 Å². The fourth-order valence-electron chi connectivity index (χ4n) is 1.61. The van der Waals surface area contributed by atoms with Gasteiger partial charge in [-0.25, -0.2) is 0 Å². The van der Waals surface area contributed by atoms with Crippen LogP contribution in [0.15, 0.2) is 18.2 Å². The van der Waals surface area contributed by atoms with Gasteiger partial charge in [0.25, 0.3) is 5.91 Å². The SMILES string of the molecule is C[C@@H](N)C(=O)Nc1ccc2c(c1)N(C)C(=O)CO2.Cl. The molecule has 1 aromatic rings. The van der Waals surface area contributed by atoms with Crippen molar-refractivity contribution in [1.82, 2.24) is 0 Å². The molecule has 2 rings (SSSR count). The number of hydrogen-bond donors (Lipinski definition) is 2. The molecule has 0 fully saturated rings. The lowest BCUT2D eigenvalue weighted by Gasteiger charge is -2.26. The number of likely N-dealkylation sites (N-methyl/N-ethyl adjacent to an activating group) is 1. The molecule has 0 aliphatic carbocycles. The van der Waals surface area contributed by atoms with Gasteiger partial charge in [-0.05, 0) is 25.1 Å². The highest BCUT2D eigenvalue weighted by molar-refractivity contribution is 5.99. The Morgan fingerprint density at radius 3 is 2.84 bits per heavy atom. The van der Waals surface area contributed by atoms with Crippen LogP contribution >= 0.6 is 12.4 Å². The largest absolute Gasteiger partial charge is 0.482 e. The Kier molecular flexibility index (Phi) is 4.74. The second kappa shape index (κ2) is 5.90. The van der Waals surface area contributed by atoms with Gasteiger partial charge in [0, 0.05) is 12.7 Å². The number of fused-ring (bicyclic) bond motifs is 1. The molecule has 3 N–H and O–H groups in total. The van der Waals surface area contributed by atoms with Crippen LogP contribution in [0.2, 0.25) is 0 Å². The highest BCUT2D eigenvalue weighted by Crippen LogP contribution is 2.33. The van der Waals surface area contributed by atoms with E-state index < -0.39 is 6.04 Å². The molecule has 104 valence electrons. The first-order valence-electron chi connectivity index (χ1n) is 5.59. The Hall–Kier alpha value is -1.79. The van der Waals surface area contributed by atoms with Gasteiger partial charge in [-0.1, -0.05) is 0 Å². The van der Waals surface area contributed by atoms with Crippen LogP contribution in [0.25, 0.3) is 0 Å². The molecule has 0 bridgehead atoms. The summed E-state index contributed by atoms with van der Waals surface area (Å²) in [6.07, 6.45) is 0. The van der Waals surface area contributed by atoms with Crippen molar-refractivity contribution in [2.45, 2.75) is 13.0 Å². The van der Waals surface area contributed by atoms with Crippen molar-refractivity contribution in [2.24, 2.45) is 5.73 Å². The quantitative estimate of drug-likeness (QED) is 0.840. The van der Waals surface area contributed by atoms with E-state index in [1.165, 1.54) is 4.90 Å². The predicted molar refractivity (Wildman–Crippen MR) is 74.9 cm³/mol. The molecule has 1 atom stereocenters. The van der Waals surface area contributed by atoms with Gasteiger partial charge in [0.15, 0.2) is 6.61 Å². The fraction of sp³-hybridized carbons (Fsp3) is 0.333. The number of anilines is 2. The average molecular weight is 286 g/mol. The summed E-state index contributed by atoms with van der Waals surface area (Å²) in [6, 6.07) is 4.53. The minimum absolute atomic E-state index is 0. The van der Waals surface area contributed by atoms with Crippen molar-refractivity contribution >= 4 is 35.6 Å². The van der Waals surface area contributed by atoms with Gasteiger partial charge in [-0.15, -0.1) is 12.4 Å². The summed E-state index contributed by atoms with van der Waals surface area (Å²) in [5.41, 5.74) is 6.69. The molecule has 0 radical (unpaired) electrons. The molecule has 1 aliphatic heterocycles. The third kappa shape index (κ3) is 3.15. The molecule has 0 unspecified atom stereocenters. The van der Waals surface area contributed by atoms with E-state index in [-0.39, 0.29) is 30.8 Å². The van der Waals surface area contributed by atoms with E-state index in [0.29, 0.717) is 17.1 Å². The summed E-state index contributed by atoms with van der Waals surface area (Å²) >= 11 is 0. The minimum atomic E-state index is -0.586. The van der Waals surface area contributed by atoms with Crippen LogP contribution in [0, 0.1) is 0 Å². The second-order valence-electron chi connectivity index (χ2n) is 4.20. The van der Waals surface area contributed by atoms with Crippen molar-refractivity contribution in [3.8, 4) is 5.75 Å². The van der Waals surface area contributed by atoms with Crippen LogP contribution in [-0.2, 0) is 9.59 Å². The number of benzene rings is 1. The average Bonchev–Trinajstić information content (AvgIpc) is 2.34. The molecule has 0 saturated heterocycles. The molecule has 1 aliphatic rings. The smallest absolute Gasteiger partial charge is 0.264 e. The van der Waals surface area contributed by atoms with Crippen LogP contribution in [-0.4, -0.2) is 31.5 Å². The van der Waals surface area contributed by atoms with Crippen molar-refractivity contribution in [2.75, 3.05) is 23.9 Å². The zero-order valence-corrected chi connectivity index (χ0v) is 11.5. The Labute approximate surface area is 117 Å². The first kappa shape index (κ1) is 15.3. The van der Waals surface area contributed by atoms with Crippen LogP contribution in [0.4, 0.5) is 11.4 Å². The predicted octanol–water partition coefficient (Wildman–Crippen LogP) is 0.749. The molecule has 0 saturated carbocycles. The second-order valence-corrected chi connectivity index (χ2v) is 4.20. The first-order valence-corrected chi connectivity index (χ1v) is 5.59. The van der Waals surface area contributed by atoms with Gasteiger partial charge < -0.3 is 20.7 Å². The molecule has 7 heteroatoms. The number of carbonyl (C=O) groups is 2. The maximum Gasteiger partial charge on any atom is 0.264 e. The van der Waals surface area contributed by atoms with E-state index in [9.17, 15) is 9.59 Å². The molecular weight excluding hydrogens is 270 g/mol. The van der Waals surface area contributed by atoms with Crippen LogP contribution in [0.1, 0.15) is 6.92 Å². The number of carbonyl (C=O) groups excluding carboxylic acids is 2. The van der Waals surface area contributed by atoms with E-state index in [1.54, 1.807) is 32.2 Å². The summed E-state index contributed by atoms with van der Waals surface area (Å²) < 4.78 is 5.28. The third-order valence-corrected chi connectivity index (χ3v) is 2.73. The standard InChI is InChI=1S/C12H15N3O3.ClH/c1-7(13)12(17)14-8-3-4-10-9(5-8)15(2)11(16)6-18-10;/h3-5,7H,6,13H2,1-2H3,(H,14,17);1H/t7-;/m1./s1. The van der Waals surface area contributed by atoms with Crippen LogP contribution < -0.4 is 20.7 Å². The molecule has 0 spiro atoms. The van der Waals surface area contributed by atoms with Gasteiger partial charge in [0.2, 0.25) is 5.91 Å². The lowest BCUT2D eigenvalue weighted by atomic mass is 10.2. The Bertz CT molecular complexity index is 505. The summed E-state index contributed by atoms with van der Waals surface area (Å²) in [5.74, 6) is 0.217. The van der Waals surface area contributed by atoms with Crippen molar-refractivity contribution in [3.63, 3.8) is 0 Å². The molecule has 19 heavy (non-hydrogen) atoms. The van der Waals surface area contributed by atoms with E-state index in [0.717, 1.165) is 0 Å². The highest BCUT2D eigenvalue weighted by atomic mass is 35.5. The van der Waals surface area contributed by atoms with E-state index in [2.05, 4.69) is 5.32 Å². The van der Waals surface area contributed by atoms with E-state index >= 15 is 0 Å². The van der Waals surface area contributed by atoms with Crippen molar-refractivity contribution < 1.29 is 14.3 Å². The molecule has 2 amide bonds. The van der Waals surface area contributed by atoms with Gasteiger partial charge >= 0.3 is 0 Å². The lowest BCUT2D eigenvalue weighted by Crippen LogP contribution is -2.36. The van der Waals surface area contributed by atoms with Gasteiger partial charge in [-0.2, -0.15) is 0 Å². The maximum atomic E-state index is 11.5. The molecule has 1 aromatic carbocycles. The number of nitrogens with zero attached hydrogens (tertiary/aromatic N) is 1. The number of rotatable bonds is 2. The first-order chi connectivity index (χ1) is 8.49. The number of amides is 2. The van der Waals surface area contributed by atoms with Crippen molar-refractivity contribution in [1.29, 1.82) is 0 Å². The summed E-state index contributed by atoms with van der Waals surface area (Å²) in [6.45, 7) is 1.64. The summed E-state index contributed by atoms with van der Waals surface area (Å²) in [4.78, 5) is 24.5. The lowest BCUT2D eigenvalue weighted by molar-refractivity contribution is -0.121. The Balaban J connectivity index is 0.00000180. The molecular formula is C12H16ClN3O3. The summed E-state index contributed by atoms with van der Waals surface area (Å²) in [5, 5.41) is 2.67. The number of nitrogens with two attached hydrogens (primary N) is 1. The van der Waals surface area contributed by atoms with Crippen molar-refractivity contribution in [3.05, 3.63) is 18.2 Å². The zero-order chi connectivity index (χ0) is 13.3. The fourth-order valence-corrected chi connectivity index (χ4v) is 1.61. The number of hydrogen-bond acceptors (Lipinski definition) is 4. The van der Waals surface area contributed by atoms with E-state index in [4.69, 9.17) is 10.5 Å².